The summed E-state index contributed by atoms with van der Waals surface area (Å²) in [6.07, 6.45) is 1.91. The molecule has 0 radical (unpaired) electrons. The Hall–Kier alpha value is -1.06. The summed E-state index contributed by atoms with van der Waals surface area (Å²) in [6, 6.07) is 7.42. The number of carbonyl (C=O) groups excluding carboxylic acids is 3. The predicted molar refractivity (Wildman–Crippen MR) is 106 cm³/mol. The third kappa shape index (κ3) is 13.7. The summed E-state index contributed by atoms with van der Waals surface area (Å²) in [6.45, 7) is 2.52. The largest absolute Gasteiger partial charge is 1.00 e. The summed E-state index contributed by atoms with van der Waals surface area (Å²) < 4.78 is 10.00. The summed E-state index contributed by atoms with van der Waals surface area (Å²) in [5.74, 6) is -0.323. The van der Waals surface area contributed by atoms with Crippen molar-refractivity contribution in [3.8, 4) is 0 Å². The van der Waals surface area contributed by atoms with Crippen molar-refractivity contribution in [1.82, 2.24) is 10.6 Å². The van der Waals surface area contributed by atoms with Gasteiger partial charge in [0, 0.05) is 38.7 Å². The van der Waals surface area contributed by atoms with Gasteiger partial charge in [0.1, 0.15) is 0 Å². The maximum absolute atomic E-state index is 11.9. The molecular weight excluding hydrogens is 448 g/mol. The summed E-state index contributed by atoms with van der Waals surface area (Å²) in [4.78, 5) is 34.4. The Morgan fingerprint density at radius 2 is 1.69 bits per heavy atom. The van der Waals surface area contributed by atoms with Crippen LogP contribution in [0.3, 0.4) is 0 Å². The van der Waals surface area contributed by atoms with E-state index in [1.54, 1.807) is 13.1 Å². The Balaban J connectivity index is 0.00000784. The number of carbonyl (C=O) groups is 3. The van der Waals surface area contributed by atoms with Gasteiger partial charge in [0.2, 0.25) is 0 Å². The first-order valence-electron chi connectivity index (χ1n) is 9.04. The van der Waals surface area contributed by atoms with Crippen molar-refractivity contribution in [1.29, 1.82) is 0 Å². The van der Waals surface area contributed by atoms with Crippen LogP contribution >= 0.6 is 0 Å². The van der Waals surface area contributed by atoms with E-state index in [1.165, 1.54) is 7.05 Å². The first-order chi connectivity index (χ1) is 13.4. The van der Waals surface area contributed by atoms with E-state index in [2.05, 4.69) is 16.0 Å². The van der Waals surface area contributed by atoms with Crippen LogP contribution in [0, 0.1) is 0 Å². The number of ketones is 1. The first-order valence-corrected chi connectivity index (χ1v) is 9.04. The molecule has 0 aliphatic rings. The minimum absolute atomic E-state index is 0. The summed E-state index contributed by atoms with van der Waals surface area (Å²) >= 11 is 0. The van der Waals surface area contributed by atoms with Crippen molar-refractivity contribution in [2.24, 2.45) is 0 Å². The first kappa shape index (κ1) is 27.9. The Morgan fingerprint density at radius 1 is 1.03 bits per heavy atom. The number of alkyl carbamates (subject to hydrolysis) is 1. The second-order valence-corrected chi connectivity index (χ2v) is 6.04. The van der Waals surface area contributed by atoms with Crippen molar-refractivity contribution in [2.75, 3.05) is 33.9 Å². The zero-order valence-corrected chi connectivity index (χ0v) is 22.5. The van der Waals surface area contributed by atoms with E-state index in [0.29, 0.717) is 19.4 Å². The maximum Gasteiger partial charge on any atom is 1.00 e. The number of hydrogen-bond acceptors (Lipinski definition) is 6. The smallest absolute Gasteiger partial charge is 0.648 e. The van der Waals surface area contributed by atoms with Crippen LogP contribution in [0.15, 0.2) is 36.0 Å². The number of nitrogens with one attached hydrogen (secondary N) is 2. The van der Waals surface area contributed by atoms with E-state index in [0.717, 1.165) is 16.8 Å². The Bertz CT molecular complexity index is 677. The molecule has 29 heavy (non-hydrogen) atoms. The van der Waals surface area contributed by atoms with Crippen LogP contribution in [0.4, 0.5) is 4.79 Å². The Morgan fingerprint density at radius 3 is 2.31 bits per heavy atom. The number of hydrogen-bond donors (Lipinski definition) is 2. The Labute approximate surface area is 221 Å². The van der Waals surface area contributed by atoms with Gasteiger partial charge in [-0.3, -0.25) is 4.79 Å². The topological polar surface area (TPSA) is 108 Å². The van der Waals surface area contributed by atoms with Crippen LogP contribution in [0.5, 0.6) is 0 Å². The molecule has 1 aromatic rings. The quantitative estimate of drug-likeness (QED) is 0.299. The van der Waals surface area contributed by atoms with E-state index < -0.39 is 6.09 Å². The number of amides is 2. The van der Waals surface area contributed by atoms with Crippen LogP contribution < -0.4 is 68.8 Å². The van der Waals surface area contributed by atoms with Crippen molar-refractivity contribution < 1.29 is 82.0 Å². The van der Waals surface area contributed by atoms with E-state index in [-0.39, 0.29) is 89.6 Å². The molecule has 0 saturated heterocycles. The second-order valence-electron chi connectivity index (χ2n) is 6.04. The van der Waals surface area contributed by atoms with Gasteiger partial charge in [-0.15, -0.1) is 6.54 Å². The number of rotatable bonds is 12. The average molecular weight is 476 g/mol. The Kier molecular flexibility index (Phi) is 16.1. The molecule has 0 aliphatic carbocycles. The summed E-state index contributed by atoms with van der Waals surface area (Å²) in [7, 11) is 3.25. The molecule has 0 spiro atoms. The average Bonchev–Trinajstić information content (AvgIpc) is 2.69. The molecule has 2 amide bonds. The third-order valence-corrected chi connectivity index (χ3v) is 3.71. The van der Waals surface area contributed by atoms with Gasteiger partial charge in [0.15, 0.2) is 5.78 Å². The van der Waals surface area contributed by atoms with Gasteiger partial charge >= 0.3 is 64.3 Å². The molecule has 154 valence electrons. The van der Waals surface area contributed by atoms with E-state index in [1.807, 2.05) is 31.2 Å². The molecule has 1 rings (SSSR count). The molecular formula is C20H28N3O5Rb. The van der Waals surface area contributed by atoms with Crippen molar-refractivity contribution in [3.05, 3.63) is 52.5 Å². The van der Waals surface area contributed by atoms with Gasteiger partial charge in [-0.2, -0.15) is 0 Å². The van der Waals surface area contributed by atoms with Crippen molar-refractivity contribution in [3.63, 3.8) is 0 Å². The number of allylic oxidation sites excluding steroid dienone is 2. The molecule has 0 fully saturated rings. The normalized spacial score (nSPS) is 10.5. The second kappa shape index (κ2) is 16.7. The zero-order chi connectivity index (χ0) is 20.8. The van der Waals surface area contributed by atoms with Crippen molar-refractivity contribution in [2.45, 2.75) is 26.3 Å². The fraction of sp³-hybridized carbons (Fsp3) is 0.450. The molecule has 1 aromatic carbocycles. The number of ether oxygens (including phenoxy) is 2. The van der Waals surface area contributed by atoms with Crippen LogP contribution in [0.1, 0.15) is 24.5 Å². The molecule has 2 N–H and O–H groups in total. The van der Waals surface area contributed by atoms with Gasteiger partial charge in [-0.1, -0.05) is 29.8 Å². The molecule has 0 unspecified atom stereocenters. The molecule has 0 heterocycles. The SMILES string of the molecule is CNC(=O)OCCCOCC(=O)[N-]Cc1ccc(CC(=O)/C=C(/C)NC)cc1.[Rb+]. The number of nitrogens with zero attached hydrogens (tertiary/aromatic N) is 1. The molecule has 0 aliphatic heterocycles. The molecule has 9 heteroatoms. The minimum atomic E-state index is -0.494. The van der Waals surface area contributed by atoms with Crippen molar-refractivity contribution >= 4 is 17.8 Å². The third-order valence-electron chi connectivity index (χ3n) is 3.71. The van der Waals surface area contributed by atoms with Gasteiger partial charge in [0.05, 0.1) is 25.7 Å². The fourth-order valence-corrected chi connectivity index (χ4v) is 2.11. The number of benzene rings is 1. The van der Waals surface area contributed by atoms with E-state index >= 15 is 0 Å². The van der Waals surface area contributed by atoms with Gasteiger partial charge < -0.3 is 30.2 Å². The zero-order valence-electron chi connectivity index (χ0n) is 17.6. The maximum atomic E-state index is 11.9. The molecule has 0 aromatic heterocycles. The van der Waals surface area contributed by atoms with Crippen LogP contribution in [0.2, 0.25) is 0 Å². The minimum Gasteiger partial charge on any atom is -0.648 e. The van der Waals surface area contributed by atoms with Gasteiger partial charge in [-0.25, -0.2) is 4.79 Å². The predicted octanol–water partition coefficient (Wildman–Crippen LogP) is -0.912. The summed E-state index contributed by atoms with van der Waals surface area (Å²) in [5, 5.41) is 9.20. The molecule has 0 bridgehead atoms. The monoisotopic (exact) mass is 475 g/mol. The molecule has 8 nitrogen and oxygen atoms in total. The van der Waals surface area contributed by atoms with Crippen LogP contribution in [0.25, 0.3) is 5.32 Å². The van der Waals surface area contributed by atoms with Crippen LogP contribution in [-0.4, -0.2) is 51.7 Å². The van der Waals surface area contributed by atoms with E-state index in [4.69, 9.17) is 9.47 Å². The standard InChI is InChI=1S/C20H29N3O5.Rb/c1-15(21-2)11-18(24)12-16-5-7-17(8-6-16)13-23-19(25)14-27-9-4-10-28-20(26)22-3;/h5-8,11H,4,9-10,12-14H2,1-3H3,(H3,21,22,23,24,25,26);/q;+1/p-1. The molecule has 0 atom stereocenters. The fourth-order valence-electron chi connectivity index (χ4n) is 2.11. The van der Waals surface area contributed by atoms with Crippen LogP contribution in [-0.2, 0) is 32.0 Å². The van der Waals surface area contributed by atoms with Gasteiger partial charge in [-0.05, 0) is 12.5 Å². The van der Waals surface area contributed by atoms with Gasteiger partial charge in [0.25, 0.3) is 0 Å². The molecule has 0 saturated carbocycles. The summed E-state index contributed by atoms with van der Waals surface area (Å²) in [5.41, 5.74) is 2.60. The van der Waals surface area contributed by atoms with E-state index in [9.17, 15) is 14.4 Å².